The van der Waals surface area contributed by atoms with Crippen molar-refractivity contribution in [1.82, 2.24) is 20.1 Å². The Hall–Kier alpha value is -2.72. The van der Waals surface area contributed by atoms with Gasteiger partial charge in [-0.1, -0.05) is 17.4 Å². The van der Waals surface area contributed by atoms with Crippen molar-refractivity contribution in [3.05, 3.63) is 40.3 Å². The van der Waals surface area contributed by atoms with Crippen LogP contribution in [-0.2, 0) is 19.7 Å². The molecule has 5 N–H and O–H groups in total. The number of thiazole rings is 1. The highest BCUT2D eigenvalue weighted by Gasteiger charge is 2.30. The van der Waals surface area contributed by atoms with Crippen molar-refractivity contribution >= 4 is 44.0 Å². The average molecular weight is 545 g/mol. The first kappa shape index (κ1) is 26.3. The molecule has 196 valence electrons. The van der Waals surface area contributed by atoms with Crippen LogP contribution < -0.4 is 21.8 Å². The quantitative estimate of drug-likeness (QED) is 0.252. The number of carbonyl (C=O) groups is 2. The maximum atomic E-state index is 14.0. The number of piperidine rings is 1. The second kappa shape index (κ2) is 11.1. The van der Waals surface area contributed by atoms with Crippen LogP contribution in [0.4, 0.5) is 19.7 Å². The van der Waals surface area contributed by atoms with Crippen molar-refractivity contribution in [3.8, 4) is 0 Å². The second-order valence-corrected chi connectivity index (χ2v) is 11.5. The summed E-state index contributed by atoms with van der Waals surface area (Å²) in [7, 11) is -3.46. The lowest BCUT2D eigenvalue weighted by Gasteiger charge is -2.31. The van der Waals surface area contributed by atoms with Gasteiger partial charge in [-0.25, -0.2) is 32.0 Å². The molecule has 1 aromatic carbocycles. The van der Waals surface area contributed by atoms with Gasteiger partial charge in [-0.15, -0.1) is 0 Å². The molecule has 2 aliphatic rings. The van der Waals surface area contributed by atoms with Gasteiger partial charge in [0.25, 0.3) is 5.91 Å². The van der Waals surface area contributed by atoms with Crippen molar-refractivity contribution in [1.29, 1.82) is 0 Å². The minimum Gasteiger partial charge on any atom is -0.382 e. The maximum Gasteiger partial charge on any atom is 0.263 e. The Morgan fingerprint density at radius 2 is 1.97 bits per heavy atom. The number of nitrogens with two attached hydrogens (primary N) is 1. The van der Waals surface area contributed by atoms with E-state index in [1.807, 2.05) is 0 Å². The van der Waals surface area contributed by atoms with Gasteiger partial charge in [-0.3, -0.25) is 14.4 Å². The number of nitrogens with one attached hydrogen (secondary N) is 3. The average Bonchev–Trinajstić information content (AvgIpc) is 3.41. The van der Waals surface area contributed by atoms with E-state index < -0.39 is 39.0 Å². The van der Waals surface area contributed by atoms with E-state index in [4.69, 9.17) is 10.6 Å². The minimum absolute atomic E-state index is 0.0472. The Bertz CT molecular complexity index is 1210. The summed E-state index contributed by atoms with van der Waals surface area (Å²) in [5.74, 6) is -3.30. The number of ketones is 1. The fraction of sp³-hybridized carbons (Fsp3) is 0.476. The molecule has 0 radical (unpaired) electrons. The van der Waals surface area contributed by atoms with Crippen LogP contribution >= 0.6 is 11.3 Å². The standard InChI is InChI=1S/C21H26F2N6O5S2/c22-13-3-1-4-14(23)16(13)17(30)18-19(24)27-21(35-18)26-12-5-8-29(9-6-12)36(32,33)10-2-7-25-15-11-34-28-20(15)31/h1,3-4,12,15,25H,2,5-11,24H2,(H,26,27)(H,28,31)/t15-/m1/s1. The summed E-state index contributed by atoms with van der Waals surface area (Å²) in [6.45, 7) is 1.17. The molecule has 15 heteroatoms. The van der Waals surface area contributed by atoms with E-state index in [0.29, 0.717) is 44.0 Å². The van der Waals surface area contributed by atoms with Gasteiger partial charge in [0.05, 0.1) is 17.9 Å². The molecular weight excluding hydrogens is 518 g/mol. The molecule has 2 saturated heterocycles. The van der Waals surface area contributed by atoms with E-state index in [-0.39, 0.29) is 35.0 Å². The summed E-state index contributed by atoms with van der Waals surface area (Å²) in [5, 5.41) is 6.42. The Labute approximate surface area is 210 Å². The van der Waals surface area contributed by atoms with Crippen LogP contribution in [0.15, 0.2) is 18.2 Å². The van der Waals surface area contributed by atoms with Crippen LogP contribution in [0.3, 0.4) is 0 Å². The number of carbonyl (C=O) groups excluding carboxylic acids is 2. The van der Waals surface area contributed by atoms with E-state index >= 15 is 0 Å². The van der Waals surface area contributed by atoms with Crippen LogP contribution in [0.1, 0.15) is 34.5 Å². The summed E-state index contributed by atoms with van der Waals surface area (Å²) in [4.78, 5) is 32.9. The topological polar surface area (TPSA) is 156 Å². The lowest BCUT2D eigenvalue weighted by atomic mass is 10.1. The van der Waals surface area contributed by atoms with Crippen molar-refractivity contribution in [2.24, 2.45) is 0 Å². The predicted molar refractivity (Wildman–Crippen MR) is 129 cm³/mol. The van der Waals surface area contributed by atoms with Crippen molar-refractivity contribution in [2.75, 3.05) is 43.0 Å². The lowest BCUT2D eigenvalue weighted by molar-refractivity contribution is -0.125. The highest BCUT2D eigenvalue weighted by atomic mass is 32.2. The summed E-state index contributed by atoms with van der Waals surface area (Å²) in [6.07, 6.45) is 1.35. The number of anilines is 2. The summed E-state index contributed by atoms with van der Waals surface area (Å²) < 4.78 is 54.8. The van der Waals surface area contributed by atoms with Crippen LogP contribution in [0.2, 0.25) is 0 Å². The molecule has 36 heavy (non-hydrogen) atoms. The van der Waals surface area contributed by atoms with Gasteiger partial charge in [0.1, 0.15) is 28.4 Å². The molecule has 0 saturated carbocycles. The predicted octanol–water partition coefficient (Wildman–Crippen LogP) is 0.850. The van der Waals surface area contributed by atoms with Crippen molar-refractivity contribution in [2.45, 2.75) is 31.3 Å². The molecule has 0 bridgehead atoms. The molecule has 1 atom stereocenters. The molecule has 2 aliphatic heterocycles. The zero-order valence-corrected chi connectivity index (χ0v) is 20.8. The molecule has 11 nitrogen and oxygen atoms in total. The van der Waals surface area contributed by atoms with Crippen LogP contribution in [0, 0.1) is 11.6 Å². The second-order valence-electron chi connectivity index (χ2n) is 8.43. The van der Waals surface area contributed by atoms with E-state index in [1.165, 1.54) is 10.4 Å². The van der Waals surface area contributed by atoms with Gasteiger partial charge < -0.3 is 16.4 Å². The van der Waals surface area contributed by atoms with E-state index in [0.717, 1.165) is 23.5 Å². The Balaban J connectivity index is 1.27. The van der Waals surface area contributed by atoms with Gasteiger partial charge in [0.15, 0.2) is 5.13 Å². The number of aromatic nitrogens is 1. The molecule has 2 aromatic rings. The van der Waals surface area contributed by atoms with Crippen LogP contribution in [0.25, 0.3) is 0 Å². The summed E-state index contributed by atoms with van der Waals surface area (Å²) >= 11 is 0.898. The first-order valence-electron chi connectivity index (χ1n) is 11.3. The molecular formula is C21H26F2N6O5S2. The number of hydrogen-bond donors (Lipinski definition) is 4. The minimum atomic E-state index is -3.46. The number of benzene rings is 1. The van der Waals surface area contributed by atoms with Gasteiger partial charge in [-0.05, 0) is 37.9 Å². The highest BCUT2D eigenvalue weighted by molar-refractivity contribution is 7.89. The molecule has 1 amide bonds. The van der Waals surface area contributed by atoms with Crippen molar-refractivity contribution in [3.63, 3.8) is 0 Å². The molecule has 0 aliphatic carbocycles. The Kier molecular flexibility index (Phi) is 8.14. The number of hydrogen-bond acceptors (Lipinski definition) is 10. The fourth-order valence-electron chi connectivity index (χ4n) is 3.99. The molecule has 1 aromatic heterocycles. The lowest BCUT2D eigenvalue weighted by Crippen LogP contribution is -2.44. The number of halogens is 2. The Morgan fingerprint density at radius 3 is 2.61 bits per heavy atom. The number of amides is 1. The first-order valence-corrected chi connectivity index (χ1v) is 13.7. The molecule has 0 spiro atoms. The fourth-order valence-corrected chi connectivity index (χ4v) is 6.43. The van der Waals surface area contributed by atoms with Crippen LogP contribution in [-0.4, -0.2) is 73.5 Å². The van der Waals surface area contributed by atoms with Gasteiger partial charge in [0, 0.05) is 19.1 Å². The van der Waals surface area contributed by atoms with Crippen molar-refractivity contribution < 1.29 is 31.6 Å². The SMILES string of the molecule is Nc1nc(NC2CCN(S(=O)(=O)CCCN[C@@H]3CONC3=O)CC2)sc1C(=O)c1c(F)cccc1F. The third-order valence-corrected chi connectivity index (χ3v) is 8.89. The molecule has 4 rings (SSSR count). The molecule has 2 fully saturated rings. The number of nitrogens with zero attached hydrogens (tertiary/aromatic N) is 2. The maximum absolute atomic E-state index is 14.0. The van der Waals surface area contributed by atoms with Gasteiger partial charge in [-0.2, -0.15) is 0 Å². The number of hydroxylamine groups is 1. The molecule has 3 heterocycles. The summed E-state index contributed by atoms with van der Waals surface area (Å²) in [5.41, 5.74) is 7.38. The number of sulfonamides is 1. The zero-order chi connectivity index (χ0) is 25.9. The smallest absolute Gasteiger partial charge is 0.263 e. The third-order valence-electron chi connectivity index (χ3n) is 5.93. The number of rotatable bonds is 10. The zero-order valence-electron chi connectivity index (χ0n) is 19.1. The molecule has 0 unspecified atom stereocenters. The van der Waals surface area contributed by atoms with Crippen LogP contribution in [0.5, 0.6) is 0 Å². The normalized spacial score (nSPS) is 19.4. The number of nitrogen functional groups attached to an aromatic ring is 1. The highest BCUT2D eigenvalue weighted by Crippen LogP contribution is 2.30. The Morgan fingerprint density at radius 1 is 1.28 bits per heavy atom. The largest absolute Gasteiger partial charge is 0.382 e. The summed E-state index contributed by atoms with van der Waals surface area (Å²) in [6, 6.07) is 2.57. The van der Waals surface area contributed by atoms with E-state index in [2.05, 4.69) is 21.1 Å². The first-order chi connectivity index (χ1) is 17.2. The van der Waals surface area contributed by atoms with Gasteiger partial charge in [0.2, 0.25) is 15.8 Å². The monoisotopic (exact) mass is 544 g/mol. The van der Waals surface area contributed by atoms with E-state index in [1.54, 1.807) is 0 Å². The van der Waals surface area contributed by atoms with E-state index in [9.17, 15) is 26.8 Å². The third kappa shape index (κ3) is 5.98. The van der Waals surface area contributed by atoms with Gasteiger partial charge >= 0.3 is 0 Å².